The third kappa shape index (κ3) is 4.86. The fourth-order valence-corrected chi connectivity index (χ4v) is 3.24. The van der Waals surface area contributed by atoms with Crippen LogP contribution < -0.4 is 5.32 Å². The fraction of sp³-hybridized carbons (Fsp3) is 0.350. The Morgan fingerprint density at radius 1 is 1.04 bits per heavy atom. The Hall–Kier alpha value is -1.78. The first-order chi connectivity index (χ1) is 11.7. The molecule has 0 spiro atoms. The van der Waals surface area contributed by atoms with Gasteiger partial charge < -0.3 is 5.32 Å². The maximum Gasteiger partial charge on any atom is 0.251 e. The van der Waals surface area contributed by atoms with Crippen molar-refractivity contribution in [2.45, 2.75) is 24.8 Å². The van der Waals surface area contributed by atoms with Crippen LogP contribution >= 0.6 is 11.8 Å². The second-order valence-electron chi connectivity index (χ2n) is 5.59. The lowest BCUT2D eigenvalue weighted by Crippen LogP contribution is -2.38. The molecule has 0 aliphatic carbocycles. The van der Waals surface area contributed by atoms with E-state index in [0.29, 0.717) is 12.1 Å². The molecule has 0 aromatic heterocycles. The van der Waals surface area contributed by atoms with Crippen LogP contribution in [0.3, 0.4) is 0 Å². The lowest BCUT2D eigenvalue weighted by atomic mass is 10.0. The number of likely N-dealkylation sites (N-methyl/N-ethyl adjacent to an activating group) is 1. The summed E-state index contributed by atoms with van der Waals surface area (Å²) < 4.78 is 0. The Morgan fingerprint density at radius 2 is 1.67 bits per heavy atom. The highest BCUT2D eigenvalue weighted by Crippen LogP contribution is 2.20. The second-order valence-corrected chi connectivity index (χ2v) is 6.47. The summed E-state index contributed by atoms with van der Waals surface area (Å²) >= 11 is 1.68. The highest BCUT2D eigenvalue weighted by molar-refractivity contribution is 7.98. The minimum absolute atomic E-state index is 0.0178. The summed E-state index contributed by atoms with van der Waals surface area (Å²) in [5.41, 5.74) is 1.94. The van der Waals surface area contributed by atoms with Crippen LogP contribution in [0.4, 0.5) is 0 Å². The van der Waals surface area contributed by atoms with Crippen LogP contribution in [-0.2, 0) is 0 Å². The largest absolute Gasteiger partial charge is 0.350 e. The van der Waals surface area contributed by atoms with Gasteiger partial charge in [-0.1, -0.05) is 44.2 Å². The molecule has 4 heteroatoms. The van der Waals surface area contributed by atoms with Crippen molar-refractivity contribution in [3.8, 4) is 0 Å². The predicted molar refractivity (Wildman–Crippen MR) is 103 cm³/mol. The number of amides is 1. The minimum Gasteiger partial charge on any atom is -0.350 e. The molecule has 0 saturated carbocycles. The number of rotatable bonds is 8. The van der Waals surface area contributed by atoms with Crippen molar-refractivity contribution in [3.05, 3.63) is 65.7 Å². The van der Waals surface area contributed by atoms with E-state index >= 15 is 0 Å². The maximum absolute atomic E-state index is 12.4. The van der Waals surface area contributed by atoms with Gasteiger partial charge in [0.2, 0.25) is 0 Å². The van der Waals surface area contributed by atoms with Crippen molar-refractivity contribution in [2.75, 3.05) is 25.9 Å². The molecular formula is C20H26N2OS. The van der Waals surface area contributed by atoms with Gasteiger partial charge in [-0.05, 0) is 49.2 Å². The lowest BCUT2D eigenvalue weighted by molar-refractivity contribution is 0.0935. The monoisotopic (exact) mass is 342 g/mol. The van der Waals surface area contributed by atoms with E-state index in [2.05, 4.69) is 48.3 Å². The predicted octanol–water partition coefficient (Wildman–Crippen LogP) is 4.22. The molecule has 0 aliphatic heterocycles. The van der Waals surface area contributed by atoms with Gasteiger partial charge in [-0.2, -0.15) is 0 Å². The second kappa shape index (κ2) is 9.50. The van der Waals surface area contributed by atoms with E-state index in [4.69, 9.17) is 0 Å². The minimum atomic E-state index is -0.0178. The van der Waals surface area contributed by atoms with Gasteiger partial charge in [0.15, 0.2) is 0 Å². The van der Waals surface area contributed by atoms with Crippen molar-refractivity contribution < 1.29 is 4.79 Å². The summed E-state index contributed by atoms with van der Waals surface area (Å²) in [6, 6.07) is 18.3. The van der Waals surface area contributed by atoms with E-state index < -0.39 is 0 Å². The lowest BCUT2D eigenvalue weighted by Gasteiger charge is -2.30. The van der Waals surface area contributed by atoms with Crippen LogP contribution in [0.1, 0.15) is 35.8 Å². The Kier molecular flexibility index (Phi) is 7.35. The smallest absolute Gasteiger partial charge is 0.251 e. The Labute approximate surface area is 149 Å². The summed E-state index contributed by atoms with van der Waals surface area (Å²) in [6.07, 6.45) is 2.03. The zero-order valence-corrected chi connectivity index (χ0v) is 15.5. The van der Waals surface area contributed by atoms with Crippen molar-refractivity contribution in [1.82, 2.24) is 10.2 Å². The molecule has 24 heavy (non-hydrogen) atoms. The first kappa shape index (κ1) is 18.6. The van der Waals surface area contributed by atoms with Gasteiger partial charge in [-0.15, -0.1) is 11.8 Å². The average Bonchev–Trinajstić information content (AvgIpc) is 2.65. The Bertz CT molecular complexity index is 624. The topological polar surface area (TPSA) is 32.3 Å². The molecule has 0 heterocycles. The summed E-state index contributed by atoms with van der Waals surface area (Å²) in [6.45, 7) is 6.82. The highest BCUT2D eigenvalue weighted by atomic mass is 32.2. The Morgan fingerprint density at radius 3 is 2.21 bits per heavy atom. The summed E-state index contributed by atoms with van der Waals surface area (Å²) in [5, 5.41) is 3.10. The summed E-state index contributed by atoms with van der Waals surface area (Å²) in [4.78, 5) is 16.0. The van der Waals surface area contributed by atoms with E-state index in [1.54, 1.807) is 11.8 Å². The first-order valence-electron chi connectivity index (χ1n) is 8.40. The van der Waals surface area contributed by atoms with E-state index in [-0.39, 0.29) is 11.9 Å². The average molecular weight is 343 g/mol. The molecule has 1 N–H and O–H groups in total. The molecule has 0 radical (unpaired) electrons. The summed E-state index contributed by atoms with van der Waals surface area (Å²) in [7, 11) is 0. The van der Waals surface area contributed by atoms with E-state index in [0.717, 1.165) is 18.0 Å². The number of nitrogens with zero attached hydrogens (tertiary/aromatic N) is 1. The van der Waals surface area contributed by atoms with Gasteiger partial charge in [0, 0.05) is 17.0 Å². The number of hydrogen-bond donors (Lipinski definition) is 1. The van der Waals surface area contributed by atoms with Crippen LogP contribution in [0.15, 0.2) is 59.5 Å². The van der Waals surface area contributed by atoms with E-state index in [1.807, 2.05) is 36.6 Å². The number of carbonyl (C=O) groups excluding carboxylic acids is 1. The van der Waals surface area contributed by atoms with Gasteiger partial charge in [0.05, 0.1) is 6.04 Å². The van der Waals surface area contributed by atoms with Crippen LogP contribution in [0, 0.1) is 0 Å². The van der Waals surface area contributed by atoms with Crippen LogP contribution in [0.2, 0.25) is 0 Å². The molecule has 1 atom stereocenters. The molecule has 2 aromatic rings. The van der Waals surface area contributed by atoms with Crippen molar-refractivity contribution in [1.29, 1.82) is 0 Å². The molecule has 128 valence electrons. The van der Waals surface area contributed by atoms with Crippen LogP contribution in [-0.4, -0.2) is 36.7 Å². The quantitative estimate of drug-likeness (QED) is 0.729. The Balaban J connectivity index is 2.07. The molecule has 0 saturated heterocycles. The molecular weight excluding hydrogens is 316 g/mol. The van der Waals surface area contributed by atoms with Crippen LogP contribution in [0.25, 0.3) is 0 Å². The van der Waals surface area contributed by atoms with Gasteiger partial charge in [-0.3, -0.25) is 9.69 Å². The molecule has 0 bridgehead atoms. The zero-order valence-electron chi connectivity index (χ0n) is 14.7. The summed E-state index contributed by atoms with van der Waals surface area (Å²) in [5.74, 6) is -0.0178. The molecule has 2 aromatic carbocycles. The third-order valence-corrected chi connectivity index (χ3v) is 4.99. The number of hydrogen-bond acceptors (Lipinski definition) is 3. The number of thioether (sulfide) groups is 1. The number of benzene rings is 2. The molecule has 2 rings (SSSR count). The molecule has 3 nitrogen and oxygen atoms in total. The van der Waals surface area contributed by atoms with Gasteiger partial charge in [0.25, 0.3) is 5.91 Å². The van der Waals surface area contributed by atoms with E-state index in [9.17, 15) is 4.79 Å². The number of carbonyl (C=O) groups is 1. The first-order valence-corrected chi connectivity index (χ1v) is 9.63. The molecule has 0 fully saturated rings. The zero-order chi connectivity index (χ0) is 17.4. The SMILES string of the molecule is CCN(CC)C(CNC(=O)c1ccc(SC)cc1)c1ccccc1. The van der Waals surface area contributed by atoms with Crippen molar-refractivity contribution in [2.24, 2.45) is 0 Å². The molecule has 1 amide bonds. The standard InChI is InChI=1S/C20H26N2OS/c1-4-22(5-2)19(16-9-7-6-8-10-16)15-21-20(23)17-11-13-18(24-3)14-12-17/h6-14,19H,4-5,15H2,1-3H3,(H,21,23). The van der Waals surface area contributed by atoms with Crippen LogP contribution in [0.5, 0.6) is 0 Å². The highest BCUT2D eigenvalue weighted by Gasteiger charge is 2.18. The molecule has 0 aliphatic rings. The normalized spacial score (nSPS) is 12.2. The fourth-order valence-electron chi connectivity index (χ4n) is 2.83. The molecule has 1 unspecified atom stereocenters. The van der Waals surface area contributed by atoms with Gasteiger partial charge in [-0.25, -0.2) is 0 Å². The number of nitrogens with one attached hydrogen (secondary N) is 1. The van der Waals surface area contributed by atoms with Crippen molar-refractivity contribution in [3.63, 3.8) is 0 Å². The van der Waals surface area contributed by atoms with Gasteiger partial charge >= 0.3 is 0 Å². The van der Waals surface area contributed by atoms with E-state index in [1.165, 1.54) is 5.56 Å². The third-order valence-electron chi connectivity index (χ3n) is 4.25. The van der Waals surface area contributed by atoms with Gasteiger partial charge in [0.1, 0.15) is 0 Å². The van der Waals surface area contributed by atoms with Crippen molar-refractivity contribution >= 4 is 17.7 Å². The maximum atomic E-state index is 12.4.